The van der Waals surface area contributed by atoms with E-state index in [1.165, 1.54) is 45.1 Å². The zero-order valence-corrected chi connectivity index (χ0v) is 31.6. The van der Waals surface area contributed by atoms with Gasteiger partial charge in [-0.3, -0.25) is 14.4 Å². The second-order valence-corrected chi connectivity index (χ2v) is 16.3. The van der Waals surface area contributed by atoms with Crippen LogP contribution >= 0.6 is 0 Å². The Morgan fingerprint density at radius 3 is 2.25 bits per heavy atom. The van der Waals surface area contributed by atoms with Crippen molar-refractivity contribution in [2.75, 3.05) is 35.4 Å². The van der Waals surface area contributed by atoms with E-state index in [2.05, 4.69) is 14.1 Å². The van der Waals surface area contributed by atoms with E-state index < -0.39 is 82.5 Å². The number of ketones is 2. The molecule has 0 spiro atoms. The van der Waals surface area contributed by atoms with E-state index >= 15 is 0 Å². The number of ether oxygens (including phenoxy) is 6. The first kappa shape index (κ1) is 37.8. The van der Waals surface area contributed by atoms with E-state index in [1.54, 1.807) is 6.92 Å². The molecule has 2 bridgehead atoms. The number of quaternary nitrogens is 1. The summed E-state index contributed by atoms with van der Waals surface area (Å²) in [5, 5.41) is 47.0. The lowest BCUT2D eigenvalue weighted by Gasteiger charge is -2.50. The number of aromatic hydroxyl groups is 2. The second-order valence-electron chi connectivity index (χ2n) is 16.3. The fraction of sp³-hybridized carbons (Fsp3) is 0.615. The van der Waals surface area contributed by atoms with E-state index in [0.717, 1.165) is 13.5 Å². The number of esters is 1. The highest BCUT2D eigenvalue weighted by atomic mass is 16.7. The van der Waals surface area contributed by atoms with Crippen LogP contribution in [0.1, 0.15) is 113 Å². The average Bonchev–Trinajstić information content (AvgIpc) is 3.05. The van der Waals surface area contributed by atoms with Crippen molar-refractivity contribution in [3.63, 3.8) is 0 Å². The highest BCUT2D eigenvalue weighted by molar-refractivity contribution is 6.31. The van der Waals surface area contributed by atoms with E-state index in [9.17, 15) is 34.8 Å². The minimum absolute atomic E-state index is 0.0243. The van der Waals surface area contributed by atoms with Gasteiger partial charge in [0.1, 0.15) is 35.2 Å². The summed E-state index contributed by atoms with van der Waals surface area (Å²) in [6, 6.07) is 3.13. The van der Waals surface area contributed by atoms with Crippen molar-refractivity contribution in [2.45, 2.75) is 119 Å². The van der Waals surface area contributed by atoms with E-state index in [0.29, 0.717) is 24.0 Å². The molecule has 0 aromatic heterocycles. The lowest BCUT2D eigenvalue weighted by atomic mass is 9.67. The summed E-state index contributed by atoms with van der Waals surface area (Å²) in [4.78, 5) is 44.0. The molecular weight excluding hydrogens is 690 g/mol. The molecule has 2 aromatic carbocycles. The summed E-state index contributed by atoms with van der Waals surface area (Å²) in [5.74, 6) is -4.68. The van der Waals surface area contributed by atoms with Crippen molar-refractivity contribution in [2.24, 2.45) is 0 Å². The largest absolute Gasteiger partial charge is 0.507 e. The van der Waals surface area contributed by atoms with Crippen molar-refractivity contribution >= 4 is 17.5 Å². The highest BCUT2D eigenvalue weighted by Crippen LogP contribution is 2.55. The summed E-state index contributed by atoms with van der Waals surface area (Å²) in [5.41, 5.74) is -3.78. The molecule has 2 saturated heterocycles. The van der Waals surface area contributed by atoms with Crippen LogP contribution in [0.2, 0.25) is 0 Å². The van der Waals surface area contributed by atoms with Gasteiger partial charge < -0.3 is 53.7 Å². The Morgan fingerprint density at radius 1 is 0.943 bits per heavy atom. The van der Waals surface area contributed by atoms with Gasteiger partial charge in [-0.15, -0.1) is 0 Å². The molecule has 5 aliphatic rings. The van der Waals surface area contributed by atoms with Crippen molar-refractivity contribution in [3.05, 3.63) is 56.6 Å². The molecule has 3 aliphatic heterocycles. The minimum Gasteiger partial charge on any atom is -0.507 e. The van der Waals surface area contributed by atoms with Gasteiger partial charge in [0.2, 0.25) is 5.78 Å². The number of benzene rings is 2. The molecule has 2 aromatic rings. The third-order valence-corrected chi connectivity index (χ3v) is 12.4. The van der Waals surface area contributed by atoms with Crippen LogP contribution in [0.3, 0.4) is 0 Å². The lowest BCUT2D eigenvalue weighted by molar-refractivity contribution is -0.889. The van der Waals surface area contributed by atoms with Crippen LogP contribution in [0.15, 0.2) is 12.1 Å². The molecule has 14 nitrogen and oxygen atoms in total. The van der Waals surface area contributed by atoms with Gasteiger partial charge in [0, 0.05) is 56.6 Å². The maximum Gasteiger partial charge on any atom is 0.316 e. The van der Waals surface area contributed by atoms with Crippen LogP contribution in [-0.2, 0) is 45.2 Å². The minimum atomic E-state index is -1.85. The number of fused-ring (bicyclic) bond motifs is 8. The number of carbonyl (C=O) groups is 3. The Labute approximate surface area is 307 Å². The van der Waals surface area contributed by atoms with Gasteiger partial charge in [0.05, 0.1) is 67.9 Å². The van der Waals surface area contributed by atoms with Crippen LogP contribution in [0.25, 0.3) is 0 Å². The first-order valence-corrected chi connectivity index (χ1v) is 18.1. The SMILES string of the molecule is COC(=O)[C@@H]1c2cc3c(c(O)c2[C@@H](O[C@@H]2O[C@@H](C)[C@H](OC)[C@@](C)(O)[C@H]2OC)C[C@]1(C)O)C(=O)c1c(O)cc2c(c1C3=O)C[C@H]1C[C@H]([NH+](C)C)C[C@]2(C)O1. The molecule has 0 radical (unpaired) electrons. The number of hydrogen-bond donors (Lipinski definition) is 5. The number of rotatable bonds is 6. The monoisotopic (exact) mass is 740 g/mol. The van der Waals surface area contributed by atoms with Gasteiger partial charge in [-0.25, -0.2) is 0 Å². The standard InChI is InChI=1S/C39H49NO13/c1-16-33(48-7)39(4,47)34(49-8)36(51-16)52-24-15-37(2,46)29(35(45)50-9)20-12-21-27(31(43)25(20)24)32(44)28-23(41)13-22-19(26(28)30(21)42)11-18-10-17(40(5)6)14-38(22,3)53-18/h12-13,16-18,24,29,33-34,36,41,43,46-47H,10-11,14-15H2,1-9H3/p+1/t16-,17-,18+,24-,29-,33-,34-,36-,37-,38-,39+/m0/s1. The molecule has 2 aliphatic carbocycles. The number of carbonyl (C=O) groups excluding carboxylic acids is 3. The molecule has 288 valence electrons. The Balaban J connectivity index is 1.39. The number of methoxy groups -OCH3 is 3. The first-order chi connectivity index (χ1) is 24.8. The van der Waals surface area contributed by atoms with Gasteiger partial charge in [-0.05, 0) is 56.5 Å². The Kier molecular flexibility index (Phi) is 9.14. The van der Waals surface area contributed by atoms with Crippen molar-refractivity contribution < 1.29 is 68.1 Å². The number of hydrogen-bond acceptors (Lipinski definition) is 13. The summed E-state index contributed by atoms with van der Waals surface area (Å²) in [7, 11) is 8.12. The third kappa shape index (κ3) is 5.55. The molecule has 0 saturated carbocycles. The number of phenols is 2. The summed E-state index contributed by atoms with van der Waals surface area (Å²) in [6.45, 7) is 6.56. The van der Waals surface area contributed by atoms with Gasteiger partial charge in [-0.1, -0.05) is 0 Å². The molecule has 2 fully saturated rings. The number of nitrogens with one attached hydrogen (secondary N) is 1. The molecule has 7 rings (SSSR count). The maximum absolute atomic E-state index is 14.8. The summed E-state index contributed by atoms with van der Waals surface area (Å²) >= 11 is 0. The third-order valence-electron chi connectivity index (χ3n) is 12.4. The number of phenolic OH excluding ortho intramolecular Hbond substituents is 2. The van der Waals surface area contributed by atoms with Gasteiger partial charge >= 0.3 is 5.97 Å². The zero-order valence-electron chi connectivity index (χ0n) is 31.6. The van der Waals surface area contributed by atoms with Crippen LogP contribution in [0.4, 0.5) is 0 Å². The van der Waals surface area contributed by atoms with E-state index in [1.807, 2.05) is 6.92 Å². The molecule has 0 unspecified atom stereocenters. The Bertz CT molecular complexity index is 1890. The predicted molar refractivity (Wildman–Crippen MR) is 185 cm³/mol. The average molecular weight is 741 g/mol. The molecule has 0 amide bonds. The summed E-state index contributed by atoms with van der Waals surface area (Å²) in [6.07, 6.45) is -3.94. The molecule has 3 heterocycles. The van der Waals surface area contributed by atoms with Crippen LogP contribution < -0.4 is 4.90 Å². The van der Waals surface area contributed by atoms with Crippen molar-refractivity contribution in [3.8, 4) is 11.5 Å². The maximum atomic E-state index is 14.8. The molecule has 53 heavy (non-hydrogen) atoms. The van der Waals surface area contributed by atoms with E-state index in [-0.39, 0.29) is 51.9 Å². The summed E-state index contributed by atoms with van der Waals surface area (Å²) < 4.78 is 35.3. The molecule has 5 N–H and O–H groups in total. The van der Waals surface area contributed by atoms with Crippen LogP contribution in [-0.4, -0.2) is 121 Å². The zero-order chi connectivity index (χ0) is 38.7. The quantitative estimate of drug-likeness (QED) is 0.228. The predicted octanol–water partition coefficient (Wildman–Crippen LogP) is 1.33. The normalized spacial score (nSPS) is 37.4. The highest BCUT2D eigenvalue weighted by Gasteiger charge is 2.57. The van der Waals surface area contributed by atoms with Gasteiger partial charge in [0.15, 0.2) is 12.1 Å². The molecular formula is C39H50NO13+. The Hall–Kier alpha value is -3.47. The number of aliphatic hydroxyl groups is 2. The van der Waals surface area contributed by atoms with Gasteiger partial charge in [0.25, 0.3) is 0 Å². The lowest BCUT2D eigenvalue weighted by Crippen LogP contribution is -3.10. The molecule has 14 heteroatoms. The van der Waals surface area contributed by atoms with E-state index in [4.69, 9.17) is 28.4 Å². The Morgan fingerprint density at radius 2 is 1.62 bits per heavy atom. The van der Waals surface area contributed by atoms with Crippen LogP contribution in [0.5, 0.6) is 11.5 Å². The van der Waals surface area contributed by atoms with Crippen LogP contribution in [0, 0.1) is 0 Å². The fourth-order valence-corrected chi connectivity index (χ4v) is 9.98. The van der Waals surface area contributed by atoms with Crippen molar-refractivity contribution in [1.29, 1.82) is 0 Å². The van der Waals surface area contributed by atoms with Crippen molar-refractivity contribution in [1.82, 2.24) is 0 Å². The second kappa shape index (κ2) is 12.8. The fourth-order valence-electron chi connectivity index (χ4n) is 9.98. The first-order valence-electron chi connectivity index (χ1n) is 18.1. The molecule has 11 atom stereocenters. The van der Waals surface area contributed by atoms with Gasteiger partial charge in [-0.2, -0.15) is 0 Å². The topological polar surface area (TPSA) is 192 Å². The smallest absolute Gasteiger partial charge is 0.316 e.